The first-order valence-electron chi connectivity index (χ1n) is 6.61. The summed E-state index contributed by atoms with van der Waals surface area (Å²) in [6.07, 6.45) is 0.423. The van der Waals surface area contributed by atoms with Crippen molar-refractivity contribution in [3.05, 3.63) is 29.8 Å². The molecule has 0 atom stereocenters. The molecule has 0 aromatic heterocycles. The molecule has 5 heteroatoms. The Morgan fingerprint density at radius 1 is 1.32 bits per heavy atom. The Morgan fingerprint density at radius 3 is 2.53 bits per heavy atom. The molecule has 0 unspecified atom stereocenters. The summed E-state index contributed by atoms with van der Waals surface area (Å²) in [5, 5.41) is 11.7. The predicted octanol–water partition coefficient (Wildman–Crippen LogP) is 0.788. The van der Waals surface area contributed by atoms with E-state index in [0.717, 1.165) is 17.8 Å². The Labute approximate surface area is 114 Å². The van der Waals surface area contributed by atoms with Crippen molar-refractivity contribution in [1.82, 2.24) is 4.90 Å². The molecule has 0 radical (unpaired) electrons. The van der Waals surface area contributed by atoms with Crippen LogP contribution >= 0.6 is 0 Å². The average Bonchev–Trinajstić information content (AvgIpc) is 2.44. The zero-order valence-electron chi connectivity index (χ0n) is 11.4. The van der Waals surface area contributed by atoms with Crippen LogP contribution in [0.3, 0.4) is 0 Å². The minimum Gasteiger partial charge on any atom is -0.395 e. The molecule has 1 aromatic carbocycles. The van der Waals surface area contributed by atoms with E-state index < -0.39 is 0 Å². The Morgan fingerprint density at radius 2 is 2.00 bits per heavy atom. The highest BCUT2D eigenvalue weighted by atomic mass is 16.3. The molecule has 5 nitrogen and oxygen atoms in total. The lowest BCUT2D eigenvalue weighted by Gasteiger charge is -2.18. The quantitative estimate of drug-likeness (QED) is 0.649. The highest BCUT2D eigenvalue weighted by Crippen LogP contribution is 2.09. The van der Waals surface area contributed by atoms with E-state index >= 15 is 0 Å². The van der Waals surface area contributed by atoms with Gasteiger partial charge >= 0.3 is 0 Å². The van der Waals surface area contributed by atoms with Gasteiger partial charge in [-0.2, -0.15) is 0 Å². The van der Waals surface area contributed by atoms with E-state index in [1.807, 2.05) is 36.1 Å². The van der Waals surface area contributed by atoms with Crippen molar-refractivity contribution in [2.24, 2.45) is 5.73 Å². The van der Waals surface area contributed by atoms with Crippen molar-refractivity contribution in [2.45, 2.75) is 19.9 Å². The molecule has 0 saturated carbocycles. The third kappa shape index (κ3) is 5.83. The predicted molar refractivity (Wildman–Crippen MR) is 76.8 cm³/mol. The molecule has 0 saturated heterocycles. The normalized spacial score (nSPS) is 10.7. The maximum absolute atomic E-state index is 11.8. The van der Waals surface area contributed by atoms with Crippen LogP contribution < -0.4 is 11.1 Å². The van der Waals surface area contributed by atoms with Gasteiger partial charge in [-0.05, 0) is 24.2 Å². The van der Waals surface area contributed by atoms with Crippen LogP contribution in [0.15, 0.2) is 24.3 Å². The molecule has 0 spiro atoms. The third-order valence-electron chi connectivity index (χ3n) is 2.99. The van der Waals surface area contributed by atoms with Crippen LogP contribution in [0.4, 0.5) is 5.69 Å². The average molecular weight is 265 g/mol. The van der Waals surface area contributed by atoms with Crippen molar-refractivity contribution in [3.8, 4) is 0 Å². The van der Waals surface area contributed by atoms with E-state index in [1.165, 1.54) is 0 Å². The van der Waals surface area contributed by atoms with Gasteiger partial charge in [0.05, 0.1) is 6.61 Å². The third-order valence-corrected chi connectivity index (χ3v) is 2.99. The Hall–Kier alpha value is -1.43. The number of nitrogens with one attached hydrogen (secondary N) is 1. The van der Waals surface area contributed by atoms with Crippen LogP contribution in [-0.4, -0.2) is 42.2 Å². The second-order valence-electron chi connectivity index (χ2n) is 4.36. The number of anilines is 1. The SMILES string of the molecule is CCN(CCO)CCC(=O)Nc1ccc(CN)cc1. The van der Waals surface area contributed by atoms with E-state index in [0.29, 0.717) is 26.1 Å². The first-order chi connectivity index (χ1) is 9.19. The van der Waals surface area contributed by atoms with Gasteiger partial charge in [0, 0.05) is 31.7 Å². The lowest BCUT2D eigenvalue weighted by atomic mass is 10.2. The van der Waals surface area contributed by atoms with Crippen molar-refractivity contribution >= 4 is 11.6 Å². The van der Waals surface area contributed by atoms with Gasteiger partial charge in [-0.3, -0.25) is 4.79 Å². The lowest BCUT2D eigenvalue weighted by Crippen LogP contribution is -2.30. The van der Waals surface area contributed by atoms with Crippen molar-refractivity contribution in [3.63, 3.8) is 0 Å². The fourth-order valence-corrected chi connectivity index (χ4v) is 1.78. The number of amides is 1. The van der Waals surface area contributed by atoms with Gasteiger partial charge in [-0.1, -0.05) is 19.1 Å². The van der Waals surface area contributed by atoms with Gasteiger partial charge in [-0.15, -0.1) is 0 Å². The number of hydrogen-bond donors (Lipinski definition) is 3. The molecular weight excluding hydrogens is 242 g/mol. The molecule has 106 valence electrons. The van der Waals surface area contributed by atoms with Crippen LogP contribution in [-0.2, 0) is 11.3 Å². The molecule has 1 amide bonds. The second-order valence-corrected chi connectivity index (χ2v) is 4.36. The molecule has 0 aliphatic heterocycles. The number of nitrogens with two attached hydrogens (primary N) is 1. The van der Waals surface area contributed by atoms with Crippen LogP contribution in [0.25, 0.3) is 0 Å². The van der Waals surface area contributed by atoms with E-state index in [1.54, 1.807) is 0 Å². The molecule has 0 bridgehead atoms. The maximum atomic E-state index is 11.8. The summed E-state index contributed by atoms with van der Waals surface area (Å²) in [6, 6.07) is 7.51. The highest BCUT2D eigenvalue weighted by molar-refractivity contribution is 5.90. The number of hydrogen-bond acceptors (Lipinski definition) is 4. The summed E-state index contributed by atoms with van der Waals surface area (Å²) in [7, 11) is 0. The fraction of sp³-hybridized carbons (Fsp3) is 0.500. The molecule has 1 aromatic rings. The zero-order valence-corrected chi connectivity index (χ0v) is 11.4. The monoisotopic (exact) mass is 265 g/mol. The number of aliphatic hydroxyl groups is 1. The van der Waals surface area contributed by atoms with Crippen LogP contribution in [0.2, 0.25) is 0 Å². The Kier molecular flexibility index (Phi) is 7.10. The van der Waals surface area contributed by atoms with Crippen molar-refractivity contribution < 1.29 is 9.90 Å². The van der Waals surface area contributed by atoms with Crippen molar-refractivity contribution in [2.75, 3.05) is 31.6 Å². The van der Waals surface area contributed by atoms with Gasteiger partial charge in [0.15, 0.2) is 0 Å². The molecule has 0 aliphatic rings. The van der Waals surface area contributed by atoms with Crippen molar-refractivity contribution in [1.29, 1.82) is 0 Å². The fourth-order valence-electron chi connectivity index (χ4n) is 1.78. The van der Waals surface area contributed by atoms with E-state index in [2.05, 4.69) is 5.32 Å². The number of nitrogens with zero attached hydrogens (tertiary/aromatic N) is 1. The molecule has 0 aliphatic carbocycles. The molecule has 4 N–H and O–H groups in total. The van der Waals surface area contributed by atoms with E-state index in [-0.39, 0.29) is 12.5 Å². The zero-order chi connectivity index (χ0) is 14.1. The molecular formula is C14H23N3O2. The largest absolute Gasteiger partial charge is 0.395 e. The van der Waals surface area contributed by atoms with Gasteiger partial charge in [0.2, 0.25) is 5.91 Å². The summed E-state index contributed by atoms with van der Waals surface area (Å²) in [5.74, 6) is -0.0168. The van der Waals surface area contributed by atoms with E-state index in [9.17, 15) is 4.79 Å². The highest BCUT2D eigenvalue weighted by Gasteiger charge is 2.06. The van der Waals surface area contributed by atoms with Crippen LogP contribution in [0, 0.1) is 0 Å². The van der Waals surface area contributed by atoms with Gasteiger partial charge in [0.1, 0.15) is 0 Å². The molecule has 19 heavy (non-hydrogen) atoms. The molecule has 0 fully saturated rings. The molecule has 0 heterocycles. The number of rotatable bonds is 8. The van der Waals surface area contributed by atoms with Gasteiger partial charge < -0.3 is 21.1 Å². The van der Waals surface area contributed by atoms with Gasteiger partial charge in [0.25, 0.3) is 0 Å². The van der Waals surface area contributed by atoms with Crippen LogP contribution in [0.5, 0.6) is 0 Å². The summed E-state index contributed by atoms with van der Waals surface area (Å²) in [5.41, 5.74) is 7.34. The lowest BCUT2D eigenvalue weighted by molar-refractivity contribution is -0.116. The first kappa shape index (κ1) is 15.6. The van der Waals surface area contributed by atoms with Gasteiger partial charge in [-0.25, -0.2) is 0 Å². The topological polar surface area (TPSA) is 78.6 Å². The number of aliphatic hydroxyl groups excluding tert-OH is 1. The summed E-state index contributed by atoms with van der Waals surface area (Å²) in [4.78, 5) is 13.8. The summed E-state index contributed by atoms with van der Waals surface area (Å²) in [6.45, 7) is 4.73. The number of likely N-dealkylation sites (N-methyl/N-ethyl adjacent to an activating group) is 1. The maximum Gasteiger partial charge on any atom is 0.225 e. The Bertz CT molecular complexity index is 379. The summed E-state index contributed by atoms with van der Waals surface area (Å²) >= 11 is 0. The minimum atomic E-state index is -0.0168. The summed E-state index contributed by atoms with van der Waals surface area (Å²) < 4.78 is 0. The second kappa shape index (κ2) is 8.63. The Balaban J connectivity index is 2.37. The molecule has 1 rings (SSSR count). The van der Waals surface area contributed by atoms with E-state index in [4.69, 9.17) is 10.8 Å². The standard InChI is InChI=1S/C14H23N3O2/c1-2-17(9-10-18)8-7-14(19)16-13-5-3-12(11-15)4-6-13/h3-6,18H,2,7-11,15H2,1H3,(H,16,19). The number of benzene rings is 1. The number of carbonyl (C=O) groups is 1. The smallest absolute Gasteiger partial charge is 0.225 e. The first-order valence-corrected chi connectivity index (χ1v) is 6.61. The number of carbonyl (C=O) groups excluding carboxylic acids is 1. The minimum absolute atomic E-state index is 0.0168. The van der Waals surface area contributed by atoms with Crippen LogP contribution in [0.1, 0.15) is 18.9 Å².